The van der Waals surface area contributed by atoms with Gasteiger partial charge in [0.25, 0.3) is 0 Å². The molecule has 1 heterocycles. The summed E-state index contributed by atoms with van der Waals surface area (Å²) in [6, 6.07) is 4.62. The number of rotatable bonds is 3. The number of carbonyl (C=O) groups excluding carboxylic acids is 2. The second-order valence-corrected chi connectivity index (χ2v) is 4.35. The Morgan fingerprint density at radius 1 is 1.35 bits per heavy atom. The highest BCUT2D eigenvalue weighted by atomic mass is 19.1. The molecule has 0 saturated carbocycles. The Kier molecular flexibility index (Phi) is 3.22. The van der Waals surface area contributed by atoms with Crippen molar-refractivity contribution in [2.75, 3.05) is 13.1 Å². The van der Waals surface area contributed by atoms with Crippen LogP contribution in [0.15, 0.2) is 18.2 Å². The monoisotopic (exact) mass is 235 g/mol. The third kappa shape index (κ3) is 2.70. The van der Waals surface area contributed by atoms with Crippen LogP contribution in [0.1, 0.15) is 17.5 Å². The van der Waals surface area contributed by atoms with Gasteiger partial charge in [-0.1, -0.05) is 6.07 Å². The molecule has 1 aromatic rings. The van der Waals surface area contributed by atoms with Crippen molar-refractivity contribution in [3.63, 3.8) is 0 Å². The first-order valence-electron chi connectivity index (χ1n) is 5.61. The molecule has 1 fully saturated rings. The Morgan fingerprint density at radius 3 is 2.71 bits per heavy atom. The second-order valence-electron chi connectivity index (χ2n) is 4.35. The van der Waals surface area contributed by atoms with Crippen molar-refractivity contribution in [1.29, 1.82) is 0 Å². The van der Waals surface area contributed by atoms with E-state index in [2.05, 4.69) is 0 Å². The molecule has 0 aromatic heterocycles. The predicted octanol–water partition coefficient (Wildman–Crippen LogP) is 1.48. The summed E-state index contributed by atoms with van der Waals surface area (Å²) >= 11 is 0. The van der Waals surface area contributed by atoms with Crippen molar-refractivity contribution in [2.24, 2.45) is 0 Å². The standard InChI is InChI=1S/C13H14FNO2/c1-9-6-11(14)3-2-10(9)4-5-15-8-12(16)7-13(15)17/h2-3,6H,4-5,7-8H2,1H3. The summed E-state index contributed by atoms with van der Waals surface area (Å²) in [5.41, 5.74) is 1.89. The van der Waals surface area contributed by atoms with Gasteiger partial charge in [0.1, 0.15) is 5.82 Å². The van der Waals surface area contributed by atoms with Crippen LogP contribution in [-0.4, -0.2) is 29.7 Å². The predicted molar refractivity (Wildman–Crippen MR) is 61.0 cm³/mol. The number of likely N-dealkylation sites (tertiary alicyclic amines) is 1. The van der Waals surface area contributed by atoms with Crippen molar-refractivity contribution in [2.45, 2.75) is 19.8 Å². The third-order valence-corrected chi connectivity index (χ3v) is 3.02. The molecule has 90 valence electrons. The fraction of sp³-hybridized carbons (Fsp3) is 0.385. The minimum Gasteiger partial charge on any atom is -0.335 e. The number of benzene rings is 1. The first-order chi connectivity index (χ1) is 8.06. The first-order valence-corrected chi connectivity index (χ1v) is 5.61. The summed E-state index contributed by atoms with van der Waals surface area (Å²) in [4.78, 5) is 24.0. The van der Waals surface area contributed by atoms with E-state index in [-0.39, 0.29) is 30.5 Å². The van der Waals surface area contributed by atoms with Gasteiger partial charge in [-0.3, -0.25) is 9.59 Å². The van der Waals surface area contributed by atoms with Gasteiger partial charge in [0.05, 0.1) is 13.0 Å². The number of nitrogens with zero attached hydrogens (tertiary/aromatic N) is 1. The van der Waals surface area contributed by atoms with Gasteiger partial charge >= 0.3 is 0 Å². The van der Waals surface area contributed by atoms with Crippen molar-refractivity contribution in [1.82, 2.24) is 4.90 Å². The lowest BCUT2D eigenvalue weighted by atomic mass is 10.1. The average Bonchev–Trinajstić information content (AvgIpc) is 2.56. The number of ketones is 1. The smallest absolute Gasteiger partial charge is 0.230 e. The average molecular weight is 235 g/mol. The molecule has 0 radical (unpaired) electrons. The number of Topliss-reactive ketones (excluding diaryl/α,β-unsaturated/α-hetero) is 1. The van der Waals surface area contributed by atoms with E-state index in [0.717, 1.165) is 11.1 Å². The van der Waals surface area contributed by atoms with Crippen LogP contribution in [0.25, 0.3) is 0 Å². The van der Waals surface area contributed by atoms with E-state index < -0.39 is 0 Å². The van der Waals surface area contributed by atoms with E-state index >= 15 is 0 Å². The molecule has 2 rings (SSSR count). The summed E-state index contributed by atoms with van der Waals surface area (Å²) in [6.07, 6.45) is 0.688. The Labute approximate surface area is 99.2 Å². The minimum absolute atomic E-state index is 0.0224. The summed E-state index contributed by atoms with van der Waals surface area (Å²) in [5, 5.41) is 0. The Morgan fingerprint density at radius 2 is 2.12 bits per heavy atom. The Bertz CT molecular complexity index is 470. The van der Waals surface area contributed by atoms with Crippen LogP contribution in [0.5, 0.6) is 0 Å². The van der Waals surface area contributed by atoms with Crippen molar-refractivity contribution in [3.8, 4) is 0 Å². The molecule has 1 aromatic carbocycles. The van der Waals surface area contributed by atoms with E-state index in [1.165, 1.54) is 12.1 Å². The second kappa shape index (κ2) is 4.65. The summed E-state index contributed by atoms with van der Waals surface area (Å²) in [6.45, 7) is 2.59. The highest BCUT2D eigenvalue weighted by Gasteiger charge is 2.26. The Balaban J connectivity index is 1.98. The van der Waals surface area contributed by atoms with Crippen molar-refractivity contribution in [3.05, 3.63) is 35.1 Å². The molecule has 0 atom stereocenters. The van der Waals surface area contributed by atoms with E-state index in [9.17, 15) is 14.0 Å². The van der Waals surface area contributed by atoms with E-state index in [0.29, 0.717) is 13.0 Å². The zero-order chi connectivity index (χ0) is 12.4. The number of hydrogen-bond acceptors (Lipinski definition) is 2. The molecule has 0 spiro atoms. The van der Waals surface area contributed by atoms with Crippen LogP contribution in [0, 0.1) is 12.7 Å². The molecule has 0 N–H and O–H groups in total. The molecule has 0 aliphatic carbocycles. The fourth-order valence-electron chi connectivity index (χ4n) is 2.04. The van der Waals surface area contributed by atoms with Crippen LogP contribution < -0.4 is 0 Å². The van der Waals surface area contributed by atoms with Crippen LogP contribution in [0.2, 0.25) is 0 Å². The maximum atomic E-state index is 12.9. The quantitative estimate of drug-likeness (QED) is 0.744. The van der Waals surface area contributed by atoms with Crippen LogP contribution in [0.3, 0.4) is 0 Å². The summed E-state index contributed by atoms with van der Waals surface area (Å²) in [7, 11) is 0. The van der Waals surface area contributed by atoms with Gasteiger partial charge in [0.15, 0.2) is 5.78 Å². The van der Waals surface area contributed by atoms with E-state index in [4.69, 9.17) is 0 Å². The number of amides is 1. The SMILES string of the molecule is Cc1cc(F)ccc1CCN1CC(=O)CC1=O. The highest BCUT2D eigenvalue weighted by molar-refractivity contribution is 6.05. The molecule has 1 saturated heterocycles. The molecule has 1 aliphatic heterocycles. The van der Waals surface area contributed by atoms with E-state index in [1.54, 1.807) is 11.0 Å². The minimum atomic E-state index is -0.251. The normalized spacial score (nSPS) is 15.8. The Hall–Kier alpha value is -1.71. The van der Waals surface area contributed by atoms with Gasteiger partial charge in [0.2, 0.25) is 5.91 Å². The molecule has 4 heteroatoms. The van der Waals surface area contributed by atoms with Gasteiger partial charge in [0, 0.05) is 6.54 Å². The zero-order valence-corrected chi connectivity index (χ0v) is 9.70. The maximum Gasteiger partial charge on any atom is 0.230 e. The summed E-state index contributed by atoms with van der Waals surface area (Å²) in [5.74, 6) is -0.376. The molecular formula is C13H14FNO2. The number of halogens is 1. The largest absolute Gasteiger partial charge is 0.335 e. The molecule has 0 unspecified atom stereocenters. The van der Waals surface area contributed by atoms with Crippen molar-refractivity contribution >= 4 is 11.7 Å². The van der Waals surface area contributed by atoms with E-state index in [1.807, 2.05) is 6.92 Å². The molecule has 1 amide bonds. The van der Waals surface area contributed by atoms with Gasteiger partial charge < -0.3 is 4.90 Å². The lowest BCUT2D eigenvalue weighted by molar-refractivity contribution is -0.127. The van der Waals surface area contributed by atoms with Crippen LogP contribution in [-0.2, 0) is 16.0 Å². The molecule has 3 nitrogen and oxygen atoms in total. The first kappa shape index (κ1) is 11.8. The molecular weight excluding hydrogens is 221 g/mol. The topological polar surface area (TPSA) is 37.4 Å². The van der Waals surface area contributed by atoms with Gasteiger partial charge in [-0.25, -0.2) is 4.39 Å². The molecule has 0 bridgehead atoms. The van der Waals surface area contributed by atoms with Crippen molar-refractivity contribution < 1.29 is 14.0 Å². The van der Waals surface area contributed by atoms with Crippen LogP contribution >= 0.6 is 0 Å². The lowest BCUT2D eigenvalue weighted by Gasteiger charge is -2.15. The maximum absolute atomic E-state index is 12.9. The summed E-state index contributed by atoms with van der Waals surface area (Å²) < 4.78 is 12.9. The number of carbonyl (C=O) groups is 2. The van der Waals surface area contributed by atoms with Gasteiger partial charge in [-0.05, 0) is 36.6 Å². The molecule has 1 aliphatic rings. The number of aryl methyl sites for hydroxylation is 1. The fourth-order valence-corrected chi connectivity index (χ4v) is 2.04. The van der Waals surface area contributed by atoms with Gasteiger partial charge in [-0.2, -0.15) is 0 Å². The van der Waals surface area contributed by atoms with Crippen LogP contribution in [0.4, 0.5) is 4.39 Å². The number of hydrogen-bond donors (Lipinski definition) is 0. The zero-order valence-electron chi connectivity index (χ0n) is 9.70. The lowest BCUT2D eigenvalue weighted by Crippen LogP contribution is -2.27. The third-order valence-electron chi connectivity index (χ3n) is 3.02. The van der Waals surface area contributed by atoms with Gasteiger partial charge in [-0.15, -0.1) is 0 Å². The molecule has 17 heavy (non-hydrogen) atoms. The highest BCUT2D eigenvalue weighted by Crippen LogP contribution is 2.13.